The Morgan fingerprint density at radius 2 is 2.50 bits per heavy atom. The van der Waals surface area contributed by atoms with Crippen molar-refractivity contribution in [3.8, 4) is 0 Å². The quantitative estimate of drug-likeness (QED) is 0.736. The van der Waals surface area contributed by atoms with Gasteiger partial charge in [0.05, 0.1) is 23.0 Å². The Labute approximate surface area is 109 Å². The predicted octanol–water partition coefficient (Wildman–Crippen LogP) is 1.47. The van der Waals surface area contributed by atoms with Gasteiger partial charge >= 0.3 is 0 Å². The fraction of sp³-hybridized carbons (Fsp3) is 0.417. The normalized spacial score (nSPS) is 20.2. The summed E-state index contributed by atoms with van der Waals surface area (Å²) in [5.74, 6) is 0. The minimum atomic E-state index is 0.310. The summed E-state index contributed by atoms with van der Waals surface area (Å²) in [6.45, 7) is 1.57. The molecule has 1 unspecified atom stereocenters. The van der Waals surface area contributed by atoms with Crippen LogP contribution in [-0.4, -0.2) is 29.4 Å². The number of rotatable bonds is 3. The highest BCUT2D eigenvalue weighted by molar-refractivity contribution is 7.17. The molecule has 5 nitrogen and oxygen atoms in total. The first-order valence-electron chi connectivity index (χ1n) is 6.06. The van der Waals surface area contributed by atoms with E-state index >= 15 is 0 Å². The zero-order valence-corrected chi connectivity index (χ0v) is 10.7. The molecule has 96 valence electrons. The number of thiophene rings is 1. The molecule has 0 aromatic carbocycles. The zero-order chi connectivity index (χ0) is 12.4. The Hall–Kier alpha value is -1.21. The van der Waals surface area contributed by atoms with Crippen LogP contribution in [0.3, 0.4) is 0 Å². The van der Waals surface area contributed by atoms with Gasteiger partial charge in [0.1, 0.15) is 5.69 Å². The highest BCUT2D eigenvalue weighted by atomic mass is 32.1. The van der Waals surface area contributed by atoms with Gasteiger partial charge in [0.15, 0.2) is 0 Å². The lowest BCUT2D eigenvalue weighted by Crippen LogP contribution is -2.74. The first kappa shape index (κ1) is 11.9. The van der Waals surface area contributed by atoms with E-state index in [9.17, 15) is 5.21 Å². The summed E-state index contributed by atoms with van der Waals surface area (Å²) < 4.78 is 6.56. The molecule has 1 fully saturated rings. The number of ether oxygens (including phenoxy) is 1. The molecule has 0 saturated carbocycles. The van der Waals surface area contributed by atoms with E-state index in [1.165, 1.54) is 0 Å². The average molecular weight is 266 g/mol. The molecule has 2 aromatic rings. The van der Waals surface area contributed by atoms with Crippen LogP contribution in [0, 0.1) is 0 Å². The molecule has 0 bridgehead atoms. The smallest absolute Gasteiger partial charge is 0.205 e. The Morgan fingerprint density at radius 3 is 3.28 bits per heavy atom. The standard InChI is InChI=1S/C12H15N3O2S/c16-15-10-6-13-9-3-5-18-12(9)11(10)14-8-2-1-4-17-7-8/h3,5-6,8,15-16H,1-2,4,7H2,(H,13,14)/p+1. The molecule has 1 saturated heterocycles. The summed E-state index contributed by atoms with van der Waals surface area (Å²) in [7, 11) is 0. The third-order valence-electron chi connectivity index (χ3n) is 3.15. The van der Waals surface area contributed by atoms with Gasteiger partial charge in [0.2, 0.25) is 5.69 Å². The van der Waals surface area contributed by atoms with E-state index in [0.717, 1.165) is 53.1 Å². The monoisotopic (exact) mass is 266 g/mol. The van der Waals surface area contributed by atoms with Crippen LogP contribution in [-0.2, 0) is 4.74 Å². The summed E-state index contributed by atoms with van der Waals surface area (Å²) in [6.07, 6.45) is 3.87. The zero-order valence-electron chi connectivity index (χ0n) is 9.93. The van der Waals surface area contributed by atoms with Crippen LogP contribution < -0.4 is 10.8 Å². The van der Waals surface area contributed by atoms with E-state index in [-0.39, 0.29) is 0 Å². The number of fused-ring (bicyclic) bond motifs is 1. The first-order chi connectivity index (χ1) is 8.88. The lowest BCUT2D eigenvalue weighted by atomic mass is 10.1. The topological polar surface area (TPSA) is 71.0 Å². The van der Waals surface area contributed by atoms with Crippen LogP contribution in [0.4, 0.5) is 11.4 Å². The number of hydrogen-bond donors (Lipinski definition) is 3. The summed E-state index contributed by atoms with van der Waals surface area (Å²) >= 11 is 1.64. The molecule has 1 atom stereocenters. The SMILES string of the molecule is O[NH2+]c1cnc2ccsc2c1NC1CCCOC1. The number of hydrogen-bond acceptors (Lipinski definition) is 5. The van der Waals surface area contributed by atoms with E-state index in [0.29, 0.717) is 6.04 Å². The average Bonchev–Trinajstić information content (AvgIpc) is 2.89. The van der Waals surface area contributed by atoms with Gasteiger partial charge < -0.3 is 10.1 Å². The highest BCUT2D eigenvalue weighted by Crippen LogP contribution is 2.32. The van der Waals surface area contributed by atoms with E-state index in [1.807, 2.05) is 11.4 Å². The first-order valence-corrected chi connectivity index (χ1v) is 6.94. The lowest BCUT2D eigenvalue weighted by molar-refractivity contribution is -0.825. The Kier molecular flexibility index (Phi) is 3.42. The predicted molar refractivity (Wildman–Crippen MR) is 70.5 cm³/mol. The maximum atomic E-state index is 9.31. The van der Waals surface area contributed by atoms with Gasteiger partial charge in [-0.05, 0) is 24.3 Å². The second-order valence-electron chi connectivity index (χ2n) is 4.41. The van der Waals surface area contributed by atoms with Gasteiger partial charge in [-0.15, -0.1) is 11.3 Å². The number of quaternary nitrogens is 1. The van der Waals surface area contributed by atoms with Gasteiger partial charge in [0.25, 0.3) is 0 Å². The van der Waals surface area contributed by atoms with Crippen LogP contribution >= 0.6 is 11.3 Å². The third-order valence-corrected chi connectivity index (χ3v) is 4.07. The summed E-state index contributed by atoms with van der Waals surface area (Å²) in [5, 5.41) is 14.8. The molecule has 1 aliphatic rings. The van der Waals surface area contributed by atoms with Crippen molar-refractivity contribution in [1.29, 1.82) is 0 Å². The molecule has 18 heavy (non-hydrogen) atoms. The van der Waals surface area contributed by atoms with Crippen LogP contribution in [0.1, 0.15) is 12.8 Å². The minimum absolute atomic E-state index is 0.310. The van der Waals surface area contributed by atoms with Crippen molar-refractivity contribution in [3.63, 3.8) is 0 Å². The molecule has 2 aromatic heterocycles. The summed E-state index contributed by atoms with van der Waals surface area (Å²) in [4.78, 5) is 4.31. The van der Waals surface area contributed by atoms with E-state index < -0.39 is 0 Å². The number of nitrogens with zero attached hydrogens (tertiary/aromatic N) is 1. The maximum absolute atomic E-state index is 9.31. The van der Waals surface area contributed by atoms with Gasteiger partial charge in [-0.3, -0.25) is 0 Å². The van der Waals surface area contributed by atoms with Gasteiger partial charge in [0, 0.05) is 12.6 Å². The fourth-order valence-corrected chi connectivity index (χ4v) is 3.10. The Balaban J connectivity index is 1.94. The molecule has 6 heteroatoms. The highest BCUT2D eigenvalue weighted by Gasteiger charge is 2.19. The molecule has 4 N–H and O–H groups in total. The Morgan fingerprint density at radius 1 is 1.56 bits per heavy atom. The van der Waals surface area contributed by atoms with Crippen molar-refractivity contribution in [3.05, 3.63) is 17.6 Å². The molecule has 1 aliphatic heterocycles. The number of nitrogens with two attached hydrogens (primary N) is 1. The number of nitrogens with one attached hydrogen (secondary N) is 1. The van der Waals surface area contributed by atoms with Crippen LogP contribution in [0.5, 0.6) is 0 Å². The lowest BCUT2D eigenvalue weighted by Gasteiger charge is -2.24. The molecule has 0 aliphatic carbocycles. The van der Waals surface area contributed by atoms with Crippen molar-refractivity contribution < 1.29 is 15.4 Å². The van der Waals surface area contributed by atoms with Gasteiger partial charge in [-0.2, -0.15) is 5.48 Å². The van der Waals surface area contributed by atoms with E-state index in [1.54, 1.807) is 17.5 Å². The number of anilines is 1. The van der Waals surface area contributed by atoms with Crippen molar-refractivity contribution in [2.24, 2.45) is 0 Å². The maximum Gasteiger partial charge on any atom is 0.205 e. The largest absolute Gasteiger partial charge is 0.379 e. The molecular formula is C12H16N3O2S+. The van der Waals surface area contributed by atoms with Crippen molar-refractivity contribution in [2.45, 2.75) is 18.9 Å². The van der Waals surface area contributed by atoms with Crippen molar-refractivity contribution in [1.82, 2.24) is 4.98 Å². The second-order valence-corrected chi connectivity index (χ2v) is 5.33. The molecule has 0 radical (unpaired) electrons. The minimum Gasteiger partial charge on any atom is -0.379 e. The summed E-state index contributed by atoms with van der Waals surface area (Å²) in [6, 6.07) is 2.30. The van der Waals surface area contributed by atoms with Crippen LogP contribution in [0.15, 0.2) is 17.6 Å². The van der Waals surface area contributed by atoms with E-state index in [2.05, 4.69) is 10.3 Å². The molecular weight excluding hydrogens is 250 g/mol. The van der Waals surface area contributed by atoms with Gasteiger partial charge in [-0.1, -0.05) is 0 Å². The van der Waals surface area contributed by atoms with Gasteiger partial charge in [-0.25, -0.2) is 10.2 Å². The fourth-order valence-electron chi connectivity index (χ4n) is 2.23. The van der Waals surface area contributed by atoms with Crippen molar-refractivity contribution >= 4 is 32.9 Å². The molecule has 3 heterocycles. The van der Waals surface area contributed by atoms with Crippen molar-refractivity contribution in [2.75, 3.05) is 18.5 Å². The summed E-state index contributed by atoms with van der Waals surface area (Å²) in [5.41, 5.74) is 3.77. The Bertz CT molecular complexity index is 537. The number of aromatic nitrogens is 1. The van der Waals surface area contributed by atoms with Crippen LogP contribution in [0.2, 0.25) is 0 Å². The third kappa shape index (κ3) is 2.20. The van der Waals surface area contributed by atoms with E-state index in [4.69, 9.17) is 4.74 Å². The van der Waals surface area contributed by atoms with Crippen LogP contribution in [0.25, 0.3) is 10.2 Å². The second kappa shape index (κ2) is 5.19. The molecule has 3 rings (SSSR count). The molecule has 0 amide bonds. The number of pyridine rings is 1. The molecule has 0 spiro atoms.